The number of nitrogens with zero attached hydrogens (tertiary/aromatic N) is 3. The maximum atomic E-state index is 14.6. The predicted molar refractivity (Wildman–Crippen MR) is 77.5 cm³/mol. The fraction of sp³-hybridized carbons (Fsp3) is 0.467. The third-order valence-corrected chi connectivity index (χ3v) is 3.51. The Kier molecular flexibility index (Phi) is 4.18. The van der Waals surface area contributed by atoms with Crippen molar-refractivity contribution < 1.29 is 4.39 Å². The van der Waals surface area contributed by atoms with Gasteiger partial charge in [0.2, 0.25) is 0 Å². The lowest BCUT2D eigenvalue weighted by Crippen LogP contribution is -2.23. The Balaban J connectivity index is 2.42. The van der Waals surface area contributed by atoms with E-state index in [-0.39, 0.29) is 11.6 Å². The van der Waals surface area contributed by atoms with Gasteiger partial charge in [-0.3, -0.25) is 0 Å². The number of pyridine rings is 1. The van der Waals surface area contributed by atoms with E-state index in [1.54, 1.807) is 16.9 Å². The Bertz CT molecular complexity index is 617. The van der Waals surface area contributed by atoms with Gasteiger partial charge < -0.3 is 5.32 Å². The summed E-state index contributed by atoms with van der Waals surface area (Å²) in [7, 11) is 0. The van der Waals surface area contributed by atoms with Crippen molar-refractivity contribution in [3.05, 3.63) is 40.6 Å². The molecule has 0 aromatic carbocycles. The molecule has 0 aliphatic heterocycles. The molecule has 0 aliphatic carbocycles. The average molecular weight is 276 g/mol. The van der Waals surface area contributed by atoms with Crippen LogP contribution in [-0.2, 0) is 6.54 Å². The third kappa shape index (κ3) is 2.72. The first-order valence-electron chi connectivity index (χ1n) is 6.81. The second kappa shape index (κ2) is 5.71. The van der Waals surface area contributed by atoms with Gasteiger partial charge in [0.05, 0.1) is 5.69 Å². The van der Waals surface area contributed by atoms with Gasteiger partial charge in [-0.1, -0.05) is 13.8 Å². The lowest BCUT2D eigenvalue weighted by atomic mass is 10.2. The summed E-state index contributed by atoms with van der Waals surface area (Å²) in [4.78, 5) is 4.15. The zero-order valence-corrected chi connectivity index (χ0v) is 12.7. The Hall–Kier alpha value is -1.75. The van der Waals surface area contributed by atoms with E-state index >= 15 is 0 Å². The van der Waals surface area contributed by atoms with Crippen LogP contribution in [0, 0.1) is 26.6 Å². The number of aryl methyl sites for hydroxylation is 1. The van der Waals surface area contributed by atoms with E-state index in [9.17, 15) is 4.39 Å². The SMILES string of the molecule is Cc1nn(-c2nccc(CNC(C)C)c2F)c(C)c1C. The van der Waals surface area contributed by atoms with E-state index in [4.69, 9.17) is 0 Å². The first-order valence-corrected chi connectivity index (χ1v) is 6.81. The molecule has 0 saturated heterocycles. The van der Waals surface area contributed by atoms with Crippen molar-refractivity contribution in [2.45, 2.75) is 47.2 Å². The molecule has 20 heavy (non-hydrogen) atoms. The summed E-state index contributed by atoms with van der Waals surface area (Å²) in [5, 5.41) is 7.59. The second-order valence-electron chi connectivity index (χ2n) is 5.35. The lowest BCUT2D eigenvalue weighted by Gasteiger charge is -2.11. The van der Waals surface area contributed by atoms with Crippen LogP contribution in [-0.4, -0.2) is 20.8 Å². The van der Waals surface area contributed by atoms with E-state index in [1.165, 1.54) is 0 Å². The quantitative estimate of drug-likeness (QED) is 0.933. The van der Waals surface area contributed by atoms with Crippen molar-refractivity contribution in [2.24, 2.45) is 0 Å². The molecule has 4 nitrogen and oxygen atoms in total. The molecule has 0 bridgehead atoms. The number of aromatic nitrogens is 3. The van der Waals surface area contributed by atoms with Crippen LogP contribution in [0.2, 0.25) is 0 Å². The predicted octanol–water partition coefficient (Wildman–Crippen LogP) is 2.83. The van der Waals surface area contributed by atoms with Gasteiger partial charge >= 0.3 is 0 Å². The summed E-state index contributed by atoms with van der Waals surface area (Å²) in [6, 6.07) is 2.01. The van der Waals surface area contributed by atoms with E-state index in [0.717, 1.165) is 17.0 Å². The van der Waals surface area contributed by atoms with Crippen molar-refractivity contribution in [1.29, 1.82) is 0 Å². The Morgan fingerprint density at radius 1 is 1.30 bits per heavy atom. The molecule has 1 N–H and O–H groups in total. The maximum absolute atomic E-state index is 14.6. The average Bonchev–Trinajstić information content (AvgIpc) is 2.65. The number of nitrogens with one attached hydrogen (secondary N) is 1. The molecule has 2 aromatic rings. The number of hydrogen-bond donors (Lipinski definition) is 1. The second-order valence-corrected chi connectivity index (χ2v) is 5.35. The summed E-state index contributed by atoms with van der Waals surface area (Å²) >= 11 is 0. The molecule has 2 heterocycles. The molecule has 0 aliphatic rings. The number of rotatable bonds is 4. The van der Waals surface area contributed by atoms with Crippen molar-refractivity contribution in [3.8, 4) is 5.82 Å². The van der Waals surface area contributed by atoms with Gasteiger partial charge in [0, 0.05) is 30.0 Å². The summed E-state index contributed by atoms with van der Waals surface area (Å²) < 4.78 is 16.1. The van der Waals surface area contributed by atoms with Gasteiger partial charge in [0.25, 0.3) is 0 Å². The molecule has 0 amide bonds. The maximum Gasteiger partial charge on any atom is 0.190 e. The summed E-state index contributed by atoms with van der Waals surface area (Å²) in [5.41, 5.74) is 3.49. The standard InChI is InChI=1S/C15H21FN4/c1-9(2)18-8-13-6-7-17-15(14(13)16)20-12(5)10(3)11(4)19-20/h6-7,9,18H,8H2,1-5H3. The normalized spacial score (nSPS) is 11.3. The zero-order chi connectivity index (χ0) is 14.9. The molecule has 108 valence electrons. The Morgan fingerprint density at radius 2 is 2.00 bits per heavy atom. The fourth-order valence-corrected chi connectivity index (χ4v) is 2.00. The smallest absolute Gasteiger partial charge is 0.190 e. The highest BCUT2D eigenvalue weighted by atomic mass is 19.1. The minimum atomic E-state index is -0.314. The fourth-order valence-electron chi connectivity index (χ4n) is 2.00. The molecule has 2 aromatic heterocycles. The summed E-state index contributed by atoms with van der Waals surface area (Å²) in [5.74, 6) is -0.0481. The van der Waals surface area contributed by atoms with E-state index < -0.39 is 0 Å². The van der Waals surface area contributed by atoms with Gasteiger partial charge in [-0.2, -0.15) is 5.10 Å². The van der Waals surface area contributed by atoms with Crippen LogP contribution in [0.1, 0.15) is 36.4 Å². The molecule has 0 fully saturated rings. The van der Waals surface area contributed by atoms with Crippen molar-refractivity contribution in [3.63, 3.8) is 0 Å². The van der Waals surface area contributed by atoms with Gasteiger partial charge in [0.15, 0.2) is 11.6 Å². The molecule has 0 saturated carbocycles. The van der Waals surface area contributed by atoms with Crippen molar-refractivity contribution in [2.75, 3.05) is 0 Å². The highest BCUT2D eigenvalue weighted by Gasteiger charge is 2.16. The number of halogens is 1. The minimum Gasteiger partial charge on any atom is -0.310 e. The summed E-state index contributed by atoms with van der Waals surface area (Å²) in [6.45, 7) is 10.4. The van der Waals surface area contributed by atoms with Crippen LogP contribution in [0.25, 0.3) is 5.82 Å². The highest BCUT2D eigenvalue weighted by molar-refractivity contribution is 5.35. The first kappa shape index (κ1) is 14.7. The molecular weight excluding hydrogens is 255 g/mol. The van der Waals surface area contributed by atoms with Crippen LogP contribution in [0.5, 0.6) is 0 Å². The van der Waals surface area contributed by atoms with E-state index in [2.05, 4.69) is 15.4 Å². The largest absolute Gasteiger partial charge is 0.310 e. The van der Waals surface area contributed by atoms with Gasteiger partial charge in [-0.05, 0) is 32.4 Å². The molecule has 0 unspecified atom stereocenters. The minimum absolute atomic E-state index is 0.266. The molecular formula is C15H21FN4. The van der Waals surface area contributed by atoms with Gasteiger partial charge in [0.1, 0.15) is 0 Å². The highest BCUT2D eigenvalue weighted by Crippen LogP contribution is 2.19. The van der Waals surface area contributed by atoms with Crippen LogP contribution in [0.4, 0.5) is 4.39 Å². The first-order chi connectivity index (χ1) is 9.41. The van der Waals surface area contributed by atoms with Crippen LogP contribution in [0.15, 0.2) is 12.3 Å². The molecule has 0 spiro atoms. The Labute approximate surface area is 119 Å². The topological polar surface area (TPSA) is 42.7 Å². The number of hydrogen-bond acceptors (Lipinski definition) is 3. The van der Waals surface area contributed by atoms with Crippen LogP contribution in [0.3, 0.4) is 0 Å². The lowest BCUT2D eigenvalue weighted by molar-refractivity contribution is 0.541. The third-order valence-electron chi connectivity index (χ3n) is 3.51. The van der Waals surface area contributed by atoms with Crippen LogP contribution < -0.4 is 5.32 Å². The summed E-state index contributed by atoms with van der Waals surface area (Å²) in [6.07, 6.45) is 1.63. The van der Waals surface area contributed by atoms with Crippen molar-refractivity contribution >= 4 is 0 Å². The van der Waals surface area contributed by atoms with Gasteiger partial charge in [-0.15, -0.1) is 0 Å². The zero-order valence-electron chi connectivity index (χ0n) is 12.7. The molecule has 0 radical (unpaired) electrons. The monoisotopic (exact) mass is 276 g/mol. The van der Waals surface area contributed by atoms with Gasteiger partial charge in [-0.25, -0.2) is 14.1 Å². The van der Waals surface area contributed by atoms with Crippen molar-refractivity contribution in [1.82, 2.24) is 20.1 Å². The van der Waals surface area contributed by atoms with E-state index in [0.29, 0.717) is 18.2 Å². The molecule has 5 heteroatoms. The van der Waals surface area contributed by atoms with E-state index in [1.807, 2.05) is 34.6 Å². The van der Waals surface area contributed by atoms with Crippen LogP contribution >= 0.6 is 0 Å². The molecule has 0 atom stereocenters. The Morgan fingerprint density at radius 3 is 2.55 bits per heavy atom. The molecule has 2 rings (SSSR count).